The highest BCUT2D eigenvalue weighted by Crippen LogP contribution is 2.35. The van der Waals surface area contributed by atoms with Gasteiger partial charge in [-0.2, -0.15) is 5.10 Å². The molecule has 0 aromatic carbocycles. The van der Waals surface area contributed by atoms with Gasteiger partial charge in [0.25, 0.3) is 18.8 Å². The van der Waals surface area contributed by atoms with Crippen LogP contribution in [0.2, 0.25) is 5.02 Å². The molecular formula is C18H15ClF4N4O4S. The largest absolute Gasteiger partial charge is 0.466 e. The van der Waals surface area contributed by atoms with E-state index in [4.69, 9.17) is 20.8 Å². The number of halogens is 5. The number of carbonyl (C=O) groups is 2. The van der Waals surface area contributed by atoms with Crippen LogP contribution in [0.5, 0.6) is 0 Å². The van der Waals surface area contributed by atoms with Gasteiger partial charge in [0.1, 0.15) is 17.1 Å². The maximum absolute atomic E-state index is 13.2. The number of alkyl halides is 4. The standard InChI is InChI=1S/C18H15ClF4N4O4S/c1-2-30-11(28)5-8-7-32-18(24-8)25-17(29)10-4-3-9(31-10)6-27-14(16(22)23)12(19)13(26-27)15(20)21/h3-4,7,15-16H,2,5-6H2,1H3,(H,24,25,29). The highest BCUT2D eigenvalue weighted by atomic mass is 35.5. The average Bonchev–Trinajstić information content (AvgIpc) is 3.41. The number of anilines is 1. The summed E-state index contributed by atoms with van der Waals surface area (Å²) in [6.07, 6.45) is -6.33. The van der Waals surface area contributed by atoms with Gasteiger partial charge in [0, 0.05) is 5.38 Å². The Bertz CT molecular complexity index is 1110. The number of rotatable bonds is 9. The van der Waals surface area contributed by atoms with Gasteiger partial charge in [-0.05, 0) is 19.1 Å². The van der Waals surface area contributed by atoms with Crippen LogP contribution in [0.1, 0.15) is 53.2 Å². The minimum atomic E-state index is -3.14. The summed E-state index contributed by atoms with van der Waals surface area (Å²) >= 11 is 6.69. The highest BCUT2D eigenvalue weighted by Gasteiger charge is 2.28. The average molecular weight is 495 g/mol. The zero-order valence-corrected chi connectivity index (χ0v) is 17.9. The van der Waals surface area contributed by atoms with Gasteiger partial charge in [-0.3, -0.25) is 19.6 Å². The SMILES string of the molecule is CCOC(=O)Cc1csc(NC(=O)c2ccc(Cn3nc(C(F)F)c(Cl)c3C(F)F)o2)n1. The molecule has 0 aliphatic heterocycles. The summed E-state index contributed by atoms with van der Waals surface area (Å²) in [6.45, 7) is 1.47. The zero-order chi connectivity index (χ0) is 23.4. The molecule has 0 saturated carbocycles. The van der Waals surface area contributed by atoms with Crippen molar-refractivity contribution in [1.82, 2.24) is 14.8 Å². The first-order chi connectivity index (χ1) is 15.2. The van der Waals surface area contributed by atoms with Gasteiger partial charge in [-0.15, -0.1) is 11.3 Å². The van der Waals surface area contributed by atoms with Crippen molar-refractivity contribution in [2.24, 2.45) is 0 Å². The minimum absolute atomic E-state index is 0.0131. The first-order valence-electron chi connectivity index (χ1n) is 9.02. The van der Waals surface area contributed by atoms with Crippen LogP contribution >= 0.6 is 22.9 Å². The second-order valence-electron chi connectivity index (χ2n) is 6.19. The molecule has 0 spiro atoms. The lowest BCUT2D eigenvalue weighted by Crippen LogP contribution is -2.11. The van der Waals surface area contributed by atoms with Crippen molar-refractivity contribution >= 4 is 39.9 Å². The normalized spacial score (nSPS) is 11.4. The van der Waals surface area contributed by atoms with Gasteiger partial charge in [-0.1, -0.05) is 11.6 Å². The molecule has 1 amide bonds. The van der Waals surface area contributed by atoms with Gasteiger partial charge in [-0.25, -0.2) is 22.5 Å². The van der Waals surface area contributed by atoms with E-state index in [2.05, 4.69) is 15.4 Å². The van der Waals surface area contributed by atoms with E-state index in [1.165, 1.54) is 12.1 Å². The molecule has 0 aliphatic rings. The lowest BCUT2D eigenvalue weighted by atomic mass is 10.3. The molecule has 3 heterocycles. The fourth-order valence-electron chi connectivity index (χ4n) is 2.64. The number of aromatic nitrogens is 3. The van der Waals surface area contributed by atoms with Crippen LogP contribution in [0, 0.1) is 0 Å². The van der Waals surface area contributed by atoms with E-state index < -0.39 is 47.7 Å². The highest BCUT2D eigenvalue weighted by molar-refractivity contribution is 7.14. The third-order valence-electron chi connectivity index (χ3n) is 3.96. The monoisotopic (exact) mass is 494 g/mol. The fraction of sp³-hybridized carbons (Fsp3) is 0.333. The van der Waals surface area contributed by atoms with Gasteiger partial charge in [0.05, 0.1) is 30.3 Å². The molecule has 8 nitrogen and oxygen atoms in total. The molecule has 0 bridgehead atoms. The van der Waals surface area contributed by atoms with Crippen LogP contribution in [0.3, 0.4) is 0 Å². The van der Waals surface area contributed by atoms with E-state index in [-0.39, 0.29) is 29.7 Å². The molecule has 0 atom stereocenters. The number of nitrogens with zero attached hydrogens (tertiary/aromatic N) is 3. The predicted octanol–water partition coefficient (Wildman–Crippen LogP) is 4.87. The molecule has 0 aliphatic carbocycles. The smallest absolute Gasteiger partial charge is 0.311 e. The zero-order valence-electron chi connectivity index (χ0n) is 16.3. The fourth-order valence-corrected chi connectivity index (χ4v) is 3.64. The molecule has 3 aromatic rings. The van der Waals surface area contributed by atoms with Gasteiger partial charge in [0.2, 0.25) is 0 Å². The summed E-state index contributed by atoms with van der Waals surface area (Å²) in [5, 5.41) is 6.88. The van der Waals surface area contributed by atoms with Crippen molar-refractivity contribution in [3.8, 4) is 0 Å². The molecule has 0 radical (unpaired) electrons. The molecule has 1 N–H and O–H groups in total. The number of esters is 1. The molecule has 0 fully saturated rings. The lowest BCUT2D eigenvalue weighted by molar-refractivity contribution is -0.142. The van der Waals surface area contributed by atoms with Crippen molar-refractivity contribution in [3.63, 3.8) is 0 Å². The lowest BCUT2D eigenvalue weighted by Gasteiger charge is -2.05. The van der Waals surface area contributed by atoms with E-state index in [0.717, 1.165) is 11.3 Å². The van der Waals surface area contributed by atoms with Crippen molar-refractivity contribution in [2.45, 2.75) is 32.7 Å². The van der Waals surface area contributed by atoms with E-state index in [0.29, 0.717) is 10.4 Å². The second kappa shape index (κ2) is 10.1. The molecule has 3 rings (SSSR count). The number of hydrogen-bond acceptors (Lipinski definition) is 7. The van der Waals surface area contributed by atoms with Crippen LogP contribution in [0.4, 0.5) is 22.7 Å². The second-order valence-corrected chi connectivity index (χ2v) is 7.43. The third-order valence-corrected chi connectivity index (χ3v) is 5.16. The Morgan fingerprint density at radius 3 is 2.69 bits per heavy atom. The Morgan fingerprint density at radius 1 is 1.28 bits per heavy atom. The Balaban J connectivity index is 1.69. The van der Waals surface area contributed by atoms with Crippen LogP contribution in [-0.2, 0) is 22.5 Å². The maximum atomic E-state index is 13.2. The molecule has 0 unspecified atom stereocenters. The van der Waals surface area contributed by atoms with Crippen molar-refractivity contribution in [1.29, 1.82) is 0 Å². The third kappa shape index (κ3) is 5.46. The number of nitrogens with one attached hydrogen (secondary N) is 1. The molecule has 32 heavy (non-hydrogen) atoms. The molecular weight excluding hydrogens is 480 g/mol. The van der Waals surface area contributed by atoms with E-state index >= 15 is 0 Å². The summed E-state index contributed by atoms with van der Waals surface area (Å²) in [7, 11) is 0. The first kappa shape index (κ1) is 23.7. The van der Waals surface area contributed by atoms with Crippen molar-refractivity contribution in [3.05, 3.63) is 51.1 Å². The summed E-state index contributed by atoms with van der Waals surface area (Å²) < 4.78 is 63.1. The van der Waals surface area contributed by atoms with Gasteiger partial charge in [0.15, 0.2) is 10.9 Å². The summed E-state index contributed by atoms with van der Waals surface area (Å²) in [5.41, 5.74) is -1.43. The maximum Gasteiger partial charge on any atom is 0.311 e. The van der Waals surface area contributed by atoms with E-state index in [9.17, 15) is 27.2 Å². The van der Waals surface area contributed by atoms with Gasteiger partial charge < -0.3 is 9.15 Å². The summed E-state index contributed by atoms with van der Waals surface area (Å²) in [6, 6.07) is 2.59. The van der Waals surface area contributed by atoms with Crippen LogP contribution in [0.25, 0.3) is 0 Å². The Labute approximate surface area is 187 Å². The van der Waals surface area contributed by atoms with E-state index in [1.807, 2.05) is 0 Å². The minimum Gasteiger partial charge on any atom is -0.466 e. The van der Waals surface area contributed by atoms with Crippen LogP contribution in [-0.4, -0.2) is 33.2 Å². The number of carbonyl (C=O) groups excluding carboxylic acids is 2. The number of amides is 1. The van der Waals surface area contributed by atoms with E-state index in [1.54, 1.807) is 12.3 Å². The Morgan fingerprint density at radius 2 is 2.03 bits per heavy atom. The predicted molar refractivity (Wildman–Crippen MR) is 105 cm³/mol. The first-order valence-corrected chi connectivity index (χ1v) is 10.3. The molecule has 14 heteroatoms. The molecule has 3 aromatic heterocycles. The van der Waals surface area contributed by atoms with Crippen molar-refractivity contribution < 1.29 is 36.3 Å². The number of ether oxygens (including phenoxy) is 1. The Kier molecular flexibility index (Phi) is 7.51. The number of furan rings is 1. The Hall–Kier alpha value is -2.93. The molecule has 0 saturated heterocycles. The number of hydrogen-bond donors (Lipinski definition) is 1. The van der Waals surface area contributed by atoms with Crippen LogP contribution < -0.4 is 5.32 Å². The quantitative estimate of drug-likeness (QED) is 0.336. The molecule has 172 valence electrons. The van der Waals surface area contributed by atoms with Gasteiger partial charge >= 0.3 is 5.97 Å². The van der Waals surface area contributed by atoms with Crippen molar-refractivity contribution in [2.75, 3.05) is 11.9 Å². The summed E-state index contributed by atoms with van der Waals surface area (Å²) in [5.74, 6) is -1.30. The topological polar surface area (TPSA) is 99.2 Å². The number of thiazole rings is 1. The van der Waals surface area contributed by atoms with Crippen LogP contribution in [0.15, 0.2) is 21.9 Å². The summed E-state index contributed by atoms with van der Waals surface area (Å²) in [4.78, 5) is 27.9.